The predicted octanol–water partition coefficient (Wildman–Crippen LogP) is 3.25. The van der Waals surface area contributed by atoms with Crippen molar-refractivity contribution in [2.45, 2.75) is 25.1 Å². The summed E-state index contributed by atoms with van der Waals surface area (Å²) in [6.07, 6.45) is 3.42. The quantitative estimate of drug-likeness (QED) is 0.751. The van der Waals surface area contributed by atoms with E-state index in [1.807, 2.05) is 5.38 Å². The van der Waals surface area contributed by atoms with Gasteiger partial charge in [0, 0.05) is 17.2 Å². The minimum absolute atomic E-state index is 0.174. The molecule has 0 radical (unpaired) electrons. The zero-order valence-electron chi connectivity index (χ0n) is 7.90. The lowest BCUT2D eigenvalue weighted by molar-refractivity contribution is 0.790. The highest BCUT2D eigenvalue weighted by molar-refractivity contribution is 7.16. The van der Waals surface area contributed by atoms with E-state index in [1.54, 1.807) is 17.7 Å². The second-order valence-corrected chi connectivity index (χ2v) is 4.68. The van der Waals surface area contributed by atoms with E-state index in [4.69, 9.17) is 11.6 Å². The number of rotatable bonds is 3. The molecule has 74 valence electrons. The molecule has 0 aromatic carbocycles. The van der Waals surface area contributed by atoms with Gasteiger partial charge in [0.15, 0.2) is 0 Å². The molecule has 0 aliphatic heterocycles. The van der Waals surface area contributed by atoms with Crippen LogP contribution in [0.15, 0.2) is 17.8 Å². The molecule has 4 heteroatoms. The summed E-state index contributed by atoms with van der Waals surface area (Å²) >= 11 is 7.75. The fourth-order valence-corrected chi connectivity index (χ4v) is 2.26. The molecule has 0 saturated carbocycles. The summed E-state index contributed by atoms with van der Waals surface area (Å²) in [4.78, 5) is 9.53. The number of thiophene rings is 1. The highest BCUT2D eigenvalue weighted by Crippen LogP contribution is 2.22. The summed E-state index contributed by atoms with van der Waals surface area (Å²) in [5.74, 6) is 0. The molecule has 2 heterocycles. The summed E-state index contributed by atoms with van der Waals surface area (Å²) < 4.78 is 0. The molecule has 1 unspecified atom stereocenters. The van der Waals surface area contributed by atoms with Crippen LogP contribution in [0.4, 0.5) is 0 Å². The van der Waals surface area contributed by atoms with Crippen LogP contribution in [0.2, 0.25) is 0 Å². The zero-order chi connectivity index (χ0) is 9.97. The Labute approximate surface area is 92.0 Å². The van der Waals surface area contributed by atoms with Crippen molar-refractivity contribution in [1.82, 2.24) is 9.97 Å². The van der Waals surface area contributed by atoms with Crippen molar-refractivity contribution in [3.8, 4) is 0 Å². The van der Waals surface area contributed by atoms with Gasteiger partial charge >= 0.3 is 0 Å². The van der Waals surface area contributed by atoms with E-state index in [0.717, 1.165) is 28.8 Å². The molecule has 0 aliphatic rings. The predicted molar refractivity (Wildman–Crippen MR) is 61.1 cm³/mol. The van der Waals surface area contributed by atoms with Crippen LogP contribution in [-0.2, 0) is 6.42 Å². The highest BCUT2D eigenvalue weighted by atomic mass is 35.5. The van der Waals surface area contributed by atoms with Crippen molar-refractivity contribution in [1.29, 1.82) is 0 Å². The molecule has 0 N–H and O–H groups in total. The van der Waals surface area contributed by atoms with Crippen molar-refractivity contribution in [3.05, 3.63) is 23.5 Å². The summed E-state index contributed by atoms with van der Waals surface area (Å²) in [6.45, 7) is 2.09. The van der Waals surface area contributed by atoms with E-state index in [1.165, 1.54) is 0 Å². The summed E-state index contributed by atoms with van der Waals surface area (Å²) in [7, 11) is 0. The molecular weight excluding hydrogens is 216 g/mol. The van der Waals surface area contributed by atoms with E-state index >= 15 is 0 Å². The molecule has 0 bridgehead atoms. The van der Waals surface area contributed by atoms with E-state index in [2.05, 4.69) is 23.0 Å². The van der Waals surface area contributed by atoms with Gasteiger partial charge in [-0.05, 0) is 17.9 Å². The second kappa shape index (κ2) is 4.24. The Morgan fingerprint density at radius 2 is 2.36 bits per heavy atom. The number of alkyl halides is 1. The molecular formula is C10H11ClN2S. The second-order valence-electron chi connectivity index (χ2n) is 3.17. The van der Waals surface area contributed by atoms with Gasteiger partial charge in [0.25, 0.3) is 0 Å². The van der Waals surface area contributed by atoms with Crippen molar-refractivity contribution >= 4 is 33.2 Å². The van der Waals surface area contributed by atoms with Crippen LogP contribution in [0.3, 0.4) is 0 Å². The van der Waals surface area contributed by atoms with Crippen LogP contribution in [0, 0.1) is 0 Å². The van der Waals surface area contributed by atoms with Crippen LogP contribution < -0.4 is 0 Å². The minimum Gasteiger partial charge on any atom is -0.241 e. The van der Waals surface area contributed by atoms with Gasteiger partial charge in [0.05, 0.1) is 5.69 Å². The van der Waals surface area contributed by atoms with Gasteiger partial charge in [0.1, 0.15) is 11.2 Å². The number of fused-ring (bicyclic) bond motifs is 1. The Bertz CT molecular complexity index is 427. The van der Waals surface area contributed by atoms with Crippen LogP contribution >= 0.6 is 22.9 Å². The molecule has 0 spiro atoms. The fourth-order valence-electron chi connectivity index (χ4n) is 1.36. The standard InChI is InChI=1S/C10H11ClN2S/c1-2-7(11)5-9-8-3-4-14-10(8)13-6-12-9/h3-4,6-7H,2,5H2,1H3. The third kappa shape index (κ3) is 1.88. The zero-order valence-corrected chi connectivity index (χ0v) is 9.48. The summed E-state index contributed by atoms with van der Waals surface area (Å²) in [5.41, 5.74) is 1.07. The average Bonchev–Trinajstić information content (AvgIpc) is 2.66. The Morgan fingerprint density at radius 3 is 3.14 bits per heavy atom. The maximum Gasteiger partial charge on any atom is 0.126 e. The Hall–Kier alpha value is -0.670. The lowest BCUT2D eigenvalue weighted by Gasteiger charge is -2.05. The molecule has 14 heavy (non-hydrogen) atoms. The molecule has 2 nitrogen and oxygen atoms in total. The van der Waals surface area contributed by atoms with Crippen molar-refractivity contribution in [2.24, 2.45) is 0 Å². The number of aromatic nitrogens is 2. The topological polar surface area (TPSA) is 25.8 Å². The maximum absolute atomic E-state index is 6.11. The van der Waals surface area contributed by atoms with Gasteiger partial charge in [-0.2, -0.15) is 0 Å². The number of hydrogen-bond donors (Lipinski definition) is 0. The molecule has 2 rings (SSSR count). The molecule has 0 saturated heterocycles. The SMILES string of the molecule is CCC(Cl)Cc1ncnc2sccc12. The fraction of sp³-hybridized carbons (Fsp3) is 0.400. The lowest BCUT2D eigenvalue weighted by Crippen LogP contribution is -2.03. The van der Waals surface area contributed by atoms with Crippen molar-refractivity contribution in [3.63, 3.8) is 0 Å². The van der Waals surface area contributed by atoms with Crippen molar-refractivity contribution in [2.75, 3.05) is 0 Å². The van der Waals surface area contributed by atoms with Crippen molar-refractivity contribution < 1.29 is 0 Å². The van der Waals surface area contributed by atoms with E-state index in [9.17, 15) is 0 Å². The highest BCUT2D eigenvalue weighted by Gasteiger charge is 2.09. The molecule has 0 amide bonds. The van der Waals surface area contributed by atoms with Crippen LogP contribution in [0.5, 0.6) is 0 Å². The average molecular weight is 227 g/mol. The van der Waals surface area contributed by atoms with Crippen LogP contribution in [0.25, 0.3) is 10.2 Å². The minimum atomic E-state index is 0.174. The molecule has 2 aromatic heterocycles. The molecule has 1 atom stereocenters. The first-order valence-electron chi connectivity index (χ1n) is 4.62. The van der Waals surface area contributed by atoms with Gasteiger partial charge in [-0.15, -0.1) is 22.9 Å². The third-order valence-corrected chi connectivity index (χ3v) is 3.49. The van der Waals surface area contributed by atoms with Gasteiger partial charge < -0.3 is 0 Å². The smallest absolute Gasteiger partial charge is 0.126 e. The molecule has 0 fully saturated rings. The van der Waals surface area contributed by atoms with E-state index < -0.39 is 0 Å². The first-order chi connectivity index (χ1) is 6.81. The van der Waals surface area contributed by atoms with Crippen LogP contribution in [-0.4, -0.2) is 15.3 Å². The van der Waals surface area contributed by atoms with Gasteiger partial charge in [-0.3, -0.25) is 0 Å². The van der Waals surface area contributed by atoms with E-state index in [-0.39, 0.29) is 5.38 Å². The Morgan fingerprint density at radius 1 is 1.50 bits per heavy atom. The largest absolute Gasteiger partial charge is 0.241 e. The van der Waals surface area contributed by atoms with Gasteiger partial charge in [-0.25, -0.2) is 9.97 Å². The third-order valence-electron chi connectivity index (χ3n) is 2.20. The van der Waals surface area contributed by atoms with Gasteiger partial charge in [0.2, 0.25) is 0 Å². The van der Waals surface area contributed by atoms with Crippen LogP contribution in [0.1, 0.15) is 19.0 Å². The number of halogens is 1. The Kier molecular flexibility index (Phi) is 2.99. The molecule has 0 aliphatic carbocycles. The Balaban J connectivity index is 2.36. The van der Waals surface area contributed by atoms with E-state index in [0.29, 0.717) is 0 Å². The van der Waals surface area contributed by atoms with Gasteiger partial charge in [-0.1, -0.05) is 6.92 Å². The summed E-state index contributed by atoms with van der Waals surface area (Å²) in [6, 6.07) is 2.06. The number of nitrogens with zero attached hydrogens (tertiary/aromatic N) is 2. The monoisotopic (exact) mass is 226 g/mol. The maximum atomic E-state index is 6.11. The number of hydrogen-bond acceptors (Lipinski definition) is 3. The first-order valence-corrected chi connectivity index (χ1v) is 5.94. The first kappa shape index (κ1) is 9.87. The lowest BCUT2D eigenvalue weighted by atomic mass is 10.1. The normalized spacial score (nSPS) is 13.3. The summed E-state index contributed by atoms with van der Waals surface area (Å²) in [5, 5.41) is 3.36. The molecule has 2 aromatic rings.